The maximum Gasteiger partial charge on any atom is 0.416 e. The van der Waals surface area contributed by atoms with Crippen LogP contribution in [0.3, 0.4) is 0 Å². The van der Waals surface area contributed by atoms with Crippen molar-refractivity contribution >= 4 is 46.5 Å². The number of aromatic nitrogens is 2. The van der Waals surface area contributed by atoms with E-state index in [1.807, 2.05) is 24.3 Å². The minimum atomic E-state index is -4.60. The summed E-state index contributed by atoms with van der Waals surface area (Å²) in [5.41, 5.74) is 2.21. The molecule has 2 saturated heterocycles. The first kappa shape index (κ1) is 47.3. The van der Waals surface area contributed by atoms with Gasteiger partial charge in [0.15, 0.2) is 0 Å². The van der Waals surface area contributed by atoms with Gasteiger partial charge in [0.05, 0.1) is 66.9 Å². The monoisotopic (exact) mass is 913 g/mol. The van der Waals surface area contributed by atoms with Gasteiger partial charge < -0.3 is 18.9 Å². The molecule has 0 saturated carbocycles. The molecule has 1 aromatic heterocycles. The highest BCUT2D eigenvalue weighted by Gasteiger charge is 2.44. The van der Waals surface area contributed by atoms with Crippen LogP contribution in [-0.4, -0.2) is 133 Å². The number of methoxy groups -OCH3 is 1. The normalized spacial score (nSPS) is 16.8. The SMILES string of the molecule is C.COc1cccc(-n2c(NC(=O)c3cccc(C(F)(F)F)c3)nc3cc(CN4CCN(CCOCCOCCOc5ccc6c(c5)C(=O)N(C5CCC(=O)NC5=O)C6=O)CC4)ccc32)c1. The highest BCUT2D eigenvalue weighted by molar-refractivity contribution is 6.23. The molecule has 0 spiro atoms. The number of amides is 5. The first-order chi connectivity index (χ1) is 31.4. The lowest BCUT2D eigenvalue weighted by atomic mass is 10.0. The summed E-state index contributed by atoms with van der Waals surface area (Å²) in [6.07, 6.45) is -4.47. The van der Waals surface area contributed by atoms with E-state index in [-0.39, 0.29) is 56.1 Å². The highest BCUT2D eigenvalue weighted by Crippen LogP contribution is 2.33. The zero-order valence-electron chi connectivity index (χ0n) is 35.4. The van der Waals surface area contributed by atoms with Crippen LogP contribution < -0.4 is 20.1 Å². The molecule has 5 amide bonds. The summed E-state index contributed by atoms with van der Waals surface area (Å²) in [5, 5.41) is 4.91. The Morgan fingerprint density at radius 3 is 2.29 bits per heavy atom. The van der Waals surface area contributed by atoms with E-state index in [0.29, 0.717) is 54.6 Å². The van der Waals surface area contributed by atoms with Gasteiger partial charge in [0, 0.05) is 57.3 Å². The van der Waals surface area contributed by atoms with Crippen LogP contribution in [-0.2, 0) is 31.8 Å². The number of piperidine rings is 1. The molecule has 2 fully saturated rings. The van der Waals surface area contributed by atoms with Crippen molar-refractivity contribution in [3.63, 3.8) is 0 Å². The number of nitrogens with zero attached hydrogens (tertiary/aromatic N) is 5. The summed E-state index contributed by atoms with van der Waals surface area (Å²) >= 11 is 0. The van der Waals surface area contributed by atoms with Crippen molar-refractivity contribution in [3.05, 3.63) is 113 Å². The Bertz CT molecular complexity index is 2610. The molecule has 1 atom stereocenters. The molecule has 0 bridgehead atoms. The van der Waals surface area contributed by atoms with Crippen LogP contribution in [0.1, 0.15) is 62.5 Å². The number of hydrogen-bond donors (Lipinski definition) is 2. The van der Waals surface area contributed by atoms with Crippen LogP contribution in [0.5, 0.6) is 11.5 Å². The van der Waals surface area contributed by atoms with E-state index in [4.69, 9.17) is 23.9 Å². The topological polar surface area (TPSA) is 174 Å². The third kappa shape index (κ3) is 10.7. The molecular formula is C47H50F3N7O9. The van der Waals surface area contributed by atoms with E-state index < -0.39 is 47.3 Å². The zero-order chi connectivity index (χ0) is 45.7. The molecular weight excluding hydrogens is 864 g/mol. The van der Waals surface area contributed by atoms with Gasteiger partial charge in [-0.1, -0.05) is 25.6 Å². The minimum Gasteiger partial charge on any atom is -0.497 e. The smallest absolute Gasteiger partial charge is 0.416 e. The van der Waals surface area contributed by atoms with Crippen LogP contribution >= 0.6 is 0 Å². The Morgan fingerprint density at radius 2 is 1.53 bits per heavy atom. The number of piperazine rings is 1. The van der Waals surface area contributed by atoms with E-state index in [9.17, 15) is 37.1 Å². The van der Waals surface area contributed by atoms with Gasteiger partial charge in [-0.15, -0.1) is 0 Å². The van der Waals surface area contributed by atoms with E-state index in [0.717, 1.165) is 55.3 Å². The van der Waals surface area contributed by atoms with Gasteiger partial charge in [-0.25, -0.2) is 4.98 Å². The molecule has 66 heavy (non-hydrogen) atoms. The molecule has 3 aliphatic rings. The van der Waals surface area contributed by atoms with Gasteiger partial charge in [0.1, 0.15) is 24.1 Å². The van der Waals surface area contributed by atoms with Crippen molar-refractivity contribution in [2.45, 2.75) is 39.0 Å². The molecule has 2 N–H and O–H groups in total. The Labute approximate surface area is 378 Å². The van der Waals surface area contributed by atoms with Gasteiger partial charge in [-0.05, 0) is 72.6 Å². The van der Waals surface area contributed by atoms with Crippen LogP contribution in [0.25, 0.3) is 16.7 Å². The van der Waals surface area contributed by atoms with Crippen molar-refractivity contribution < 1.29 is 56.1 Å². The van der Waals surface area contributed by atoms with Crippen LogP contribution in [0.15, 0.2) is 84.9 Å². The lowest BCUT2D eigenvalue weighted by molar-refractivity contribution is -0.138. The van der Waals surface area contributed by atoms with Crippen molar-refractivity contribution in [3.8, 4) is 17.2 Å². The predicted molar refractivity (Wildman–Crippen MR) is 236 cm³/mol. The predicted octanol–water partition coefficient (Wildman–Crippen LogP) is 5.57. The Morgan fingerprint density at radius 1 is 0.803 bits per heavy atom. The molecule has 16 nitrogen and oxygen atoms in total. The Kier molecular flexibility index (Phi) is 14.8. The summed E-state index contributed by atoms with van der Waals surface area (Å²) in [4.78, 5) is 73.4. The first-order valence-corrected chi connectivity index (χ1v) is 21.1. The number of hydrogen-bond acceptors (Lipinski definition) is 12. The average Bonchev–Trinajstić information content (AvgIpc) is 3.77. The summed E-state index contributed by atoms with van der Waals surface area (Å²) in [5.74, 6) is -1.90. The highest BCUT2D eigenvalue weighted by atomic mass is 19.4. The number of ether oxygens (including phenoxy) is 4. The van der Waals surface area contributed by atoms with Crippen molar-refractivity contribution in [2.24, 2.45) is 0 Å². The summed E-state index contributed by atoms with van der Waals surface area (Å²) < 4.78 is 64.6. The second kappa shape index (κ2) is 20.7. The second-order valence-corrected chi connectivity index (χ2v) is 15.7. The number of benzene rings is 4. The summed E-state index contributed by atoms with van der Waals surface area (Å²) in [6, 6.07) is 20.8. The molecule has 348 valence electrons. The van der Waals surface area contributed by atoms with Crippen molar-refractivity contribution in [1.29, 1.82) is 0 Å². The molecule has 8 rings (SSSR count). The molecule has 1 unspecified atom stereocenters. The number of anilines is 1. The number of halogens is 3. The van der Waals surface area contributed by atoms with Crippen LogP contribution in [0.2, 0.25) is 0 Å². The number of imidazole rings is 1. The van der Waals surface area contributed by atoms with E-state index in [2.05, 4.69) is 20.4 Å². The number of carbonyl (C=O) groups excluding carboxylic acids is 5. The van der Waals surface area contributed by atoms with Gasteiger partial charge in [0.25, 0.3) is 17.7 Å². The molecule has 5 aromatic rings. The Balaban J connectivity index is 0.00000648. The fraction of sp³-hybridized carbons (Fsp3) is 0.362. The maximum atomic E-state index is 13.4. The van der Waals surface area contributed by atoms with Gasteiger partial charge in [-0.3, -0.25) is 53.9 Å². The lowest BCUT2D eigenvalue weighted by Gasteiger charge is -2.34. The molecule has 4 aromatic carbocycles. The lowest BCUT2D eigenvalue weighted by Crippen LogP contribution is -2.54. The standard InChI is InChI=1S/C46H46F3N7O9.CH4/c1-62-33-7-3-6-32(26-33)55-38-11-8-29(24-37(38)50-45(55)52-41(58)30-4-2-5-31(25-30)46(47,48)49)28-54-16-14-53(15-17-54)18-19-63-20-21-64-22-23-65-34-9-10-35-36(27-34)44(61)56(43(35)60)39-12-13-40(57)51-42(39)59;/h2-11,24-27,39H,12-23,28H2,1H3,(H,50,52,58)(H,51,57,59);1H4. The number of nitrogens with one attached hydrogen (secondary N) is 2. The van der Waals surface area contributed by atoms with E-state index >= 15 is 0 Å². The number of carbonyl (C=O) groups is 5. The van der Waals surface area contributed by atoms with E-state index in [1.165, 1.54) is 24.3 Å². The fourth-order valence-electron chi connectivity index (χ4n) is 8.03. The van der Waals surface area contributed by atoms with Crippen molar-refractivity contribution in [2.75, 3.05) is 78.2 Å². The third-order valence-electron chi connectivity index (χ3n) is 11.4. The largest absolute Gasteiger partial charge is 0.497 e. The van der Waals surface area contributed by atoms with Gasteiger partial charge in [0.2, 0.25) is 17.8 Å². The van der Waals surface area contributed by atoms with Crippen molar-refractivity contribution in [1.82, 2.24) is 29.6 Å². The second-order valence-electron chi connectivity index (χ2n) is 15.7. The Hall–Kier alpha value is -6.67. The molecule has 4 heterocycles. The number of fused-ring (bicyclic) bond motifs is 2. The third-order valence-corrected chi connectivity index (χ3v) is 11.4. The van der Waals surface area contributed by atoms with Gasteiger partial charge in [-0.2, -0.15) is 13.2 Å². The quantitative estimate of drug-likeness (QED) is 0.0879. The molecule has 0 aliphatic carbocycles. The minimum absolute atomic E-state index is 0. The summed E-state index contributed by atoms with van der Waals surface area (Å²) in [6.45, 7) is 6.60. The maximum absolute atomic E-state index is 13.4. The molecule has 0 radical (unpaired) electrons. The molecule has 19 heteroatoms. The average molecular weight is 914 g/mol. The van der Waals surface area contributed by atoms with Crippen LogP contribution in [0, 0.1) is 0 Å². The first-order valence-electron chi connectivity index (χ1n) is 21.1. The number of rotatable bonds is 17. The van der Waals surface area contributed by atoms with Crippen LogP contribution in [0.4, 0.5) is 19.1 Å². The molecule has 3 aliphatic heterocycles. The summed E-state index contributed by atoms with van der Waals surface area (Å²) in [7, 11) is 1.54. The zero-order valence-corrected chi connectivity index (χ0v) is 35.4. The van der Waals surface area contributed by atoms with E-state index in [1.54, 1.807) is 35.9 Å². The number of alkyl halides is 3. The van der Waals surface area contributed by atoms with Gasteiger partial charge >= 0.3 is 6.18 Å². The number of imide groups is 2. The fourth-order valence-corrected chi connectivity index (χ4v) is 8.03.